The van der Waals surface area contributed by atoms with E-state index in [0.29, 0.717) is 16.9 Å². The van der Waals surface area contributed by atoms with Crippen LogP contribution in [0.15, 0.2) is 21.5 Å². The predicted molar refractivity (Wildman–Crippen MR) is 80.3 cm³/mol. The van der Waals surface area contributed by atoms with Gasteiger partial charge in [0.2, 0.25) is 10.0 Å². The second-order valence-corrected chi connectivity index (χ2v) is 8.11. The molecular formula is C13H18BrFN2O2S. The first-order valence-corrected chi connectivity index (χ1v) is 8.73. The van der Waals surface area contributed by atoms with Gasteiger partial charge in [0, 0.05) is 22.7 Å². The molecule has 0 aliphatic carbocycles. The molecule has 4 nitrogen and oxygen atoms in total. The summed E-state index contributed by atoms with van der Waals surface area (Å²) < 4.78 is 40.9. The number of hydrogen-bond donors (Lipinski definition) is 1. The van der Waals surface area contributed by atoms with Gasteiger partial charge in [-0.05, 0) is 53.7 Å². The highest BCUT2D eigenvalue weighted by Gasteiger charge is 2.35. The Labute approximate surface area is 127 Å². The van der Waals surface area contributed by atoms with Crippen LogP contribution in [0, 0.1) is 11.7 Å². The fourth-order valence-electron chi connectivity index (χ4n) is 2.61. The first kappa shape index (κ1) is 15.7. The third-order valence-electron chi connectivity index (χ3n) is 3.72. The van der Waals surface area contributed by atoms with E-state index in [2.05, 4.69) is 22.9 Å². The number of sulfonamides is 1. The van der Waals surface area contributed by atoms with Crippen LogP contribution in [0.1, 0.15) is 26.7 Å². The van der Waals surface area contributed by atoms with Crippen LogP contribution in [0.3, 0.4) is 0 Å². The van der Waals surface area contributed by atoms with Crippen LogP contribution in [0.25, 0.3) is 0 Å². The zero-order valence-corrected chi connectivity index (χ0v) is 13.8. The molecule has 0 amide bonds. The second-order valence-electron chi connectivity index (χ2n) is 5.40. The van der Waals surface area contributed by atoms with E-state index in [1.54, 1.807) is 0 Å². The van der Waals surface area contributed by atoms with Gasteiger partial charge in [0.15, 0.2) is 0 Å². The summed E-state index contributed by atoms with van der Waals surface area (Å²) in [4.78, 5) is -0.348. The molecule has 2 atom stereocenters. The summed E-state index contributed by atoms with van der Waals surface area (Å²) >= 11 is 3.09. The van der Waals surface area contributed by atoms with Crippen molar-refractivity contribution in [1.29, 1.82) is 0 Å². The van der Waals surface area contributed by atoms with Gasteiger partial charge >= 0.3 is 0 Å². The van der Waals surface area contributed by atoms with Crippen molar-refractivity contribution in [3.63, 3.8) is 0 Å². The van der Waals surface area contributed by atoms with Crippen molar-refractivity contribution < 1.29 is 12.8 Å². The smallest absolute Gasteiger partial charge is 0.246 e. The molecule has 0 aromatic heterocycles. The molecule has 0 bridgehead atoms. The predicted octanol–water partition coefficient (Wildman–Crippen LogP) is 2.98. The standard InChI is InChI=1S/C13H18BrFN2O2S/c1-8-3-4-17(9(2)5-8)20(18,19)13-7-12(16)10(14)6-11(13)15/h6-9H,3-5,16H2,1-2H3. The minimum Gasteiger partial charge on any atom is -0.398 e. The summed E-state index contributed by atoms with van der Waals surface area (Å²) in [5.41, 5.74) is 5.89. The molecule has 20 heavy (non-hydrogen) atoms. The number of benzene rings is 1. The summed E-state index contributed by atoms with van der Waals surface area (Å²) in [7, 11) is -3.85. The van der Waals surface area contributed by atoms with Gasteiger partial charge in [0.05, 0.1) is 0 Å². The summed E-state index contributed by atoms with van der Waals surface area (Å²) in [6, 6.07) is 2.15. The lowest BCUT2D eigenvalue weighted by molar-refractivity contribution is 0.219. The molecule has 1 heterocycles. The number of halogens is 2. The van der Waals surface area contributed by atoms with Crippen molar-refractivity contribution in [2.45, 2.75) is 37.6 Å². The number of nitrogen functional groups attached to an aromatic ring is 1. The summed E-state index contributed by atoms with van der Waals surface area (Å²) in [5, 5.41) is 0. The Bertz CT molecular complexity index is 621. The molecule has 2 unspecified atom stereocenters. The molecule has 2 rings (SSSR count). The Hall–Kier alpha value is -0.660. The quantitative estimate of drug-likeness (QED) is 0.820. The van der Waals surface area contributed by atoms with Crippen LogP contribution < -0.4 is 5.73 Å². The minimum absolute atomic E-state index is 0.131. The number of piperidine rings is 1. The lowest BCUT2D eigenvalue weighted by Gasteiger charge is -2.35. The molecule has 7 heteroatoms. The van der Waals surface area contributed by atoms with Gasteiger partial charge in [0.25, 0.3) is 0 Å². The number of rotatable bonds is 2. The van der Waals surface area contributed by atoms with E-state index >= 15 is 0 Å². The third-order valence-corrected chi connectivity index (χ3v) is 6.43. The average molecular weight is 365 g/mol. The lowest BCUT2D eigenvalue weighted by atomic mass is 9.95. The average Bonchev–Trinajstić information content (AvgIpc) is 2.33. The molecule has 0 spiro atoms. The van der Waals surface area contributed by atoms with Crippen LogP contribution >= 0.6 is 15.9 Å². The van der Waals surface area contributed by atoms with E-state index in [1.807, 2.05) is 6.92 Å². The number of nitrogens with zero attached hydrogens (tertiary/aromatic N) is 1. The zero-order chi connectivity index (χ0) is 15.1. The van der Waals surface area contributed by atoms with E-state index in [0.717, 1.165) is 18.9 Å². The van der Waals surface area contributed by atoms with E-state index in [9.17, 15) is 12.8 Å². The lowest BCUT2D eigenvalue weighted by Crippen LogP contribution is -2.44. The molecule has 1 aromatic rings. The zero-order valence-electron chi connectivity index (χ0n) is 11.4. The fraction of sp³-hybridized carbons (Fsp3) is 0.538. The van der Waals surface area contributed by atoms with Crippen LogP contribution in [0.5, 0.6) is 0 Å². The Kier molecular flexibility index (Phi) is 4.41. The molecule has 112 valence electrons. The fourth-order valence-corrected chi connectivity index (χ4v) is 4.67. The summed E-state index contributed by atoms with van der Waals surface area (Å²) in [6.45, 7) is 4.37. The second kappa shape index (κ2) is 5.61. The highest BCUT2D eigenvalue weighted by molar-refractivity contribution is 9.10. The molecule has 1 saturated heterocycles. The Morgan fingerprint density at radius 3 is 2.65 bits per heavy atom. The van der Waals surface area contributed by atoms with Crippen molar-refractivity contribution >= 4 is 31.6 Å². The maximum absolute atomic E-state index is 14.0. The highest BCUT2D eigenvalue weighted by atomic mass is 79.9. The van der Waals surface area contributed by atoms with Crippen molar-refractivity contribution in [2.75, 3.05) is 12.3 Å². The normalized spacial score (nSPS) is 24.8. The van der Waals surface area contributed by atoms with Gasteiger partial charge in [-0.2, -0.15) is 4.31 Å². The van der Waals surface area contributed by atoms with Gasteiger partial charge in [0.1, 0.15) is 10.7 Å². The molecule has 1 aromatic carbocycles. The van der Waals surface area contributed by atoms with Crippen LogP contribution in [-0.2, 0) is 10.0 Å². The van der Waals surface area contributed by atoms with Gasteiger partial charge in [-0.1, -0.05) is 6.92 Å². The van der Waals surface area contributed by atoms with E-state index in [4.69, 9.17) is 5.73 Å². The number of anilines is 1. The maximum atomic E-state index is 14.0. The van der Waals surface area contributed by atoms with Crippen molar-refractivity contribution in [2.24, 2.45) is 5.92 Å². The van der Waals surface area contributed by atoms with Crippen LogP contribution in [-0.4, -0.2) is 25.3 Å². The highest BCUT2D eigenvalue weighted by Crippen LogP contribution is 2.32. The summed E-state index contributed by atoms with van der Waals surface area (Å²) in [5.74, 6) is -0.298. The molecular weight excluding hydrogens is 347 g/mol. The van der Waals surface area contributed by atoms with Gasteiger partial charge in [-0.3, -0.25) is 0 Å². The maximum Gasteiger partial charge on any atom is 0.246 e. The van der Waals surface area contributed by atoms with Crippen LogP contribution in [0.4, 0.5) is 10.1 Å². The molecule has 1 fully saturated rings. The topological polar surface area (TPSA) is 63.4 Å². The van der Waals surface area contributed by atoms with Crippen LogP contribution in [0.2, 0.25) is 0 Å². The number of hydrogen-bond acceptors (Lipinski definition) is 3. The van der Waals surface area contributed by atoms with Crippen molar-refractivity contribution in [3.05, 3.63) is 22.4 Å². The minimum atomic E-state index is -3.85. The summed E-state index contributed by atoms with van der Waals surface area (Å²) in [6.07, 6.45) is 1.57. The SMILES string of the molecule is CC1CCN(S(=O)(=O)c2cc(N)c(Br)cc2F)C(C)C1. The first-order chi connectivity index (χ1) is 9.23. The largest absolute Gasteiger partial charge is 0.398 e. The van der Waals surface area contributed by atoms with Crippen molar-refractivity contribution in [3.8, 4) is 0 Å². The van der Waals surface area contributed by atoms with Gasteiger partial charge in [-0.15, -0.1) is 0 Å². The molecule has 0 radical (unpaired) electrons. The Morgan fingerprint density at radius 2 is 2.05 bits per heavy atom. The third kappa shape index (κ3) is 2.84. The molecule has 0 saturated carbocycles. The molecule has 1 aliphatic heterocycles. The first-order valence-electron chi connectivity index (χ1n) is 6.50. The Balaban J connectivity index is 2.43. The molecule has 1 aliphatic rings. The number of nitrogens with two attached hydrogens (primary N) is 1. The van der Waals surface area contributed by atoms with Gasteiger partial charge < -0.3 is 5.73 Å². The molecule has 2 N–H and O–H groups in total. The van der Waals surface area contributed by atoms with Crippen molar-refractivity contribution in [1.82, 2.24) is 4.31 Å². The van der Waals surface area contributed by atoms with E-state index in [-0.39, 0.29) is 16.6 Å². The monoisotopic (exact) mass is 364 g/mol. The Morgan fingerprint density at radius 1 is 1.40 bits per heavy atom. The van der Waals surface area contributed by atoms with Gasteiger partial charge in [-0.25, -0.2) is 12.8 Å². The van der Waals surface area contributed by atoms with E-state index in [1.165, 1.54) is 10.4 Å². The van der Waals surface area contributed by atoms with E-state index < -0.39 is 15.8 Å².